The van der Waals surface area contributed by atoms with Crippen LogP contribution in [0.4, 0.5) is 5.82 Å². The molecule has 1 amide bonds. The third-order valence-corrected chi connectivity index (χ3v) is 5.93. The molecule has 3 N–H and O–H groups in total. The zero-order valence-electron chi connectivity index (χ0n) is 17.7. The van der Waals surface area contributed by atoms with Gasteiger partial charge in [-0.25, -0.2) is 4.98 Å². The summed E-state index contributed by atoms with van der Waals surface area (Å²) in [5.41, 5.74) is 3.08. The van der Waals surface area contributed by atoms with Gasteiger partial charge >= 0.3 is 5.97 Å². The van der Waals surface area contributed by atoms with Gasteiger partial charge in [0, 0.05) is 18.7 Å². The van der Waals surface area contributed by atoms with Crippen molar-refractivity contribution in [1.82, 2.24) is 14.7 Å². The average Bonchev–Trinajstić information content (AvgIpc) is 3.17. The van der Waals surface area contributed by atoms with E-state index in [0.717, 1.165) is 29.9 Å². The Morgan fingerprint density at radius 1 is 1.13 bits per heavy atom. The Hall–Kier alpha value is -3.35. The van der Waals surface area contributed by atoms with E-state index in [0.29, 0.717) is 23.7 Å². The van der Waals surface area contributed by atoms with Crippen molar-refractivity contribution in [3.63, 3.8) is 0 Å². The van der Waals surface area contributed by atoms with Gasteiger partial charge in [0.2, 0.25) is 0 Å². The first kappa shape index (κ1) is 20.9. The Morgan fingerprint density at radius 3 is 2.58 bits per heavy atom. The molecule has 2 aromatic heterocycles. The largest absolute Gasteiger partial charge is 0.480 e. The number of carbonyl (C=O) groups excluding carboxylic acids is 1. The molecular weight excluding hydrogens is 392 g/mol. The second-order valence-corrected chi connectivity index (χ2v) is 8.17. The van der Waals surface area contributed by atoms with E-state index >= 15 is 0 Å². The molecule has 7 nitrogen and oxygen atoms in total. The molecule has 7 heteroatoms. The summed E-state index contributed by atoms with van der Waals surface area (Å²) in [6.45, 7) is 2.10. The lowest BCUT2D eigenvalue weighted by molar-refractivity contribution is -0.138. The van der Waals surface area contributed by atoms with E-state index in [1.807, 2.05) is 28.8 Å². The molecule has 1 aliphatic carbocycles. The van der Waals surface area contributed by atoms with Crippen LogP contribution >= 0.6 is 0 Å². The van der Waals surface area contributed by atoms with Crippen LogP contribution in [-0.2, 0) is 11.3 Å². The van der Waals surface area contributed by atoms with E-state index in [4.69, 9.17) is 10.1 Å². The zero-order valence-corrected chi connectivity index (χ0v) is 17.7. The summed E-state index contributed by atoms with van der Waals surface area (Å²) in [5, 5.41) is 15.2. The van der Waals surface area contributed by atoms with Crippen molar-refractivity contribution in [2.24, 2.45) is 0 Å². The number of anilines is 1. The number of nitrogens with one attached hydrogen (secondary N) is 2. The fraction of sp³-hybridized carbons (Fsp3) is 0.375. The maximum Gasteiger partial charge on any atom is 0.325 e. The topological polar surface area (TPSA) is 95.7 Å². The Bertz CT molecular complexity index is 1070. The predicted octanol–water partition coefficient (Wildman–Crippen LogP) is 4.20. The highest BCUT2D eigenvalue weighted by Crippen LogP contribution is 2.37. The van der Waals surface area contributed by atoms with Crippen molar-refractivity contribution in [1.29, 1.82) is 0 Å². The van der Waals surface area contributed by atoms with Gasteiger partial charge in [-0.15, -0.1) is 0 Å². The standard InChI is InChI=1S/C24H28N4O3/c1-16(24(30)31)26-23(29)19-13-8-14-28-21(19)27-20(18-11-6-3-7-12-18)22(28)25-15-17-9-4-2-5-10-17/h2,4-5,8-10,13-14,16,18,25H,3,6-7,11-12,15H2,1H3,(H,26,29)(H,30,31). The quantitative estimate of drug-likeness (QED) is 0.532. The number of pyridine rings is 1. The summed E-state index contributed by atoms with van der Waals surface area (Å²) in [4.78, 5) is 28.9. The molecule has 0 spiro atoms. The maximum atomic E-state index is 12.8. The molecule has 1 atom stereocenters. The number of fused-ring (bicyclic) bond motifs is 1. The van der Waals surface area contributed by atoms with E-state index < -0.39 is 17.9 Å². The lowest BCUT2D eigenvalue weighted by Crippen LogP contribution is -2.38. The summed E-state index contributed by atoms with van der Waals surface area (Å²) < 4.78 is 1.92. The van der Waals surface area contributed by atoms with Gasteiger partial charge in [0.1, 0.15) is 11.9 Å². The number of rotatable bonds is 7. The molecule has 0 aliphatic heterocycles. The van der Waals surface area contributed by atoms with E-state index in [9.17, 15) is 9.59 Å². The number of carbonyl (C=O) groups is 2. The van der Waals surface area contributed by atoms with Crippen LogP contribution in [0.25, 0.3) is 5.65 Å². The third kappa shape index (κ3) is 4.55. The van der Waals surface area contributed by atoms with Crippen LogP contribution in [0.5, 0.6) is 0 Å². The third-order valence-electron chi connectivity index (χ3n) is 5.93. The van der Waals surface area contributed by atoms with Gasteiger partial charge in [-0.05, 0) is 37.5 Å². The molecule has 1 saturated carbocycles. The molecule has 162 valence electrons. The Labute approximate surface area is 181 Å². The number of benzene rings is 1. The van der Waals surface area contributed by atoms with Gasteiger partial charge in [-0.1, -0.05) is 49.6 Å². The zero-order chi connectivity index (χ0) is 21.8. The molecule has 0 bridgehead atoms. The SMILES string of the molecule is CC(NC(=O)c1cccn2c(NCc3ccccc3)c(C3CCCCC3)nc12)C(=O)O. The molecule has 1 aromatic carbocycles. The molecule has 2 heterocycles. The second kappa shape index (κ2) is 9.20. The predicted molar refractivity (Wildman–Crippen MR) is 119 cm³/mol. The van der Waals surface area contributed by atoms with Crippen molar-refractivity contribution in [3.05, 3.63) is 65.5 Å². The van der Waals surface area contributed by atoms with Gasteiger partial charge in [-0.3, -0.25) is 14.0 Å². The highest BCUT2D eigenvalue weighted by atomic mass is 16.4. The summed E-state index contributed by atoms with van der Waals surface area (Å²) in [5.74, 6) is -0.250. The number of aliphatic carboxylic acids is 1. The van der Waals surface area contributed by atoms with Crippen molar-refractivity contribution < 1.29 is 14.7 Å². The van der Waals surface area contributed by atoms with Gasteiger partial charge < -0.3 is 15.7 Å². The number of carboxylic acid groups (broad SMARTS) is 1. The normalized spacial score (nSPS) is 15.5. The summed E-state index contributed by atoms with van der Waals surface area (Å²) >= 11 is 0. The molecule has 4 rings (SSSR count). The Balaban J connectivity index is 1.72. The van der Waals surface area contributed by atoms with Crippen LogP contribution in [0, 0.1) is 0 Å². The molecule has 1 unspecified atom stereocenters. The van der Waals surface area contributed by atoms with Crippen molar-refractivity contribution in [3.8, 4) is 0 Å². The van der Waals surface area contributed by atoms with E-state index in [2.05, 4.69) is 22.8 Å². The molecule has 1 fully saturated rings. The number of amides is 1. The van der Waals surface area contributed by atoms with Gasteiger partial charge in [0.25, 0.3) is 5.91 Å². The summed E-state index contributed by atoms with van der Waals surface area (Å²) in [7, 11) is 0. The van der Waals surface area contributed by atoms with Crippen LogP contribution in [0.1, 0.15) is 66.6 Å². The van der Waals surface area contributed by atoms with Crippen molar-refractivity contribution in [2.45, 2.75) is 57.5 Å². The minimum Gasteiger partial charge on any atom is -0.480 e. The molecule has 0 saturated heterocycles. The van der Waals surface area contributed by atoms with Gasteiger partial charge in [-0.2, -0.15) is 0 Å². The maximum absolute atomic E-state index is 12.8. The van der Waals surface area contributed by atoms with Crippen LogP contribution < -0.4 is 10.6 Å². The van der Waals surface area contributed by atoms with E-state index in [1.54, 1.807) is 12.1 Å². The first-order valence-corrected chi connectivity index (χ1v) is 10.9. The van der Waals surface area contributed by atoms with Crippen molar-refractivity contribution in [2.75, 3.05) is 5.32 Å². The lowest BCUT2D eigenvalue weighted by atomic mass is 9.87. The number of carboxylic acids is 1. The number of aromatic nitrogens is 2. The summed E-state index contributed by atoms with van der Waals surface area (Å²) in [6, 6.07) is 12.7. The molecule has 1 aliphatic rings. The summed E-state index contributed by atoms with van der Waals surface area (Å²) in [6.07, 6.45) is 7.68. The highest BCUT2D eigenvalue weighted by molar-refractivity contribution is 6.01. The van der Waals surface area contributed by atoms with Crippen LogP contribution in [0.3, 0.4) is 0 Å². The van der Waals surface area contributed by atoms with E-state index in [-0.39, 0.29) is 0 Å². The number of hydrogen-bond donors (Lipinski definition) is 3. The number of hydrogen-bond acceptors (Lipinski definition) is 4. The fourth-order valence-electron chi connectivity index (χ4n) is 4.22. The number of imidazole rings is 1. The van der Waals surface area contributed by atoms with Crippen LogP contribution in [0.2, 0.25) is 0 Å². The number of nitrogens with zero attached hydrogens (tertiary/aromatic N) is 2. The van der Waals surface area contributed by atoms with Crippen LogP contribution in [-0.4, -0.2) is 32.4 Å². The Kier molecular flexibility index (Phi) is 6.21. The Morgan fingerprint density at radius 2 is 1.87 bits per heavy atom. The van der Waals surface area contributed by atoms with E-state index in [1.165, 1.54) is 26.2 Å². The highest BCUT2D eigenvalue weighted by Gasteiger charge is 2.26. The first-order valence-electron chi connectivity index (χ1n) is 10.9. The average molecular weight is 421 g/mol. The van der Waals surface area contributed by atoms with Gasteiger partial charge in [0.05, 0.1) is 11.3 Å². The molecule has 31 heavy (non-hydrogen) atoms. The van der Waals surface area contributed by atoms with Crippen LogP contribution in [0.15, 0.2) is 48.7 Å². The molecule has 3 aromatic rings. The monoisotopic (exact) mass is 420 g/mol. The molecular formula is C24H28N4O3. The smallest absolute Gasteiger partial charge is 0.325 e. The fourth-order valence-corrected chi connectivity index (χ4v) is 4.22. The minimum atomic E-state index is -1.07. The second-order valence-electron chi connectivity index (χ2n) is 8.17. The first-order chi connectivity index (χ1) is 15.0. The van der Waals surface area contributed by atoms with Crippen molar-refractivity contribution >= 4 is 23.3 Å². The molecule has 0 radical (unpaired) electrons. The minimum absolute atomic E-state index is 0.348. The van der Waals surface area contributed by atoms with Gasteiger partial charge in [0.15, 0.2) is 5.65 Å². The lowest BCUT2D eigenvalue weighted by Gasteiger charge is -2.21.